The molecule has 222 valence electrons. The zero-order chi connectivity index (χ0) is 29.4. The number of nitrogens with zero attached hydrogens (tertiary/aromatic N) is 8. The van der Waals surface area contributed by atoms with Gasteiger partial charge in [-0.2, -0.15) is 32.6 Å². The standard InChI is InChI=1S/C27H30F3N9O3/c1-41-23(40)18-6-7-20(19(14-18)27(28,29)30)37-11-9-36(10-12-37)15-17-4-2-8-38(16-17)25-33-24(31)39-26(34-25)32-22(35-39)21-5-3-13-42-21/h3,5-7,13-14,17H,2,4,8-12,15-16H2,1H3,(H2,31,32,33,34,35)/t17-/m0/s1. The average Bonchev–Trinajstić information content (AvgIpc) is 3.67. The number of piperazine rings is 1. The monoisotopic (exact) mass is 585 g/mol. The van der Waals surface area contributed by atoms with Crippen LogP contribution in [0.3, 0.4) is 0 Å². The normalized spacial score (nSPS) is 18.5. The molecule has 2 saturated heterocycles. The molecule has 0 saturated carbocycles. The predicted molar refractivity (Wildman–Crippen MR) is 147 cm³/mol. The second-order valence-corrected chi connectivity index (χ2v) is 10.5. The molecule has 0 aliphatic carbocycles. The van der Waals surface area contributed by atoms with Gasteiger partial charge in [-0.1, -0.05) is 0 Å². The van der Waals surface area contributed by atoms with E-state index in [9.17, 15) is 18.0 Å². The summed E-state index contributed by atoms with van der Waals surface area (Å²) in [4.78, 5) is 31.5. The quantitative estimate of drug-likeness (QED) is 0.335. The molecule has 42 heavy (non-hydrogen) atoms. The molecule has 1 aromatic carbocycles. The summed E-state index contributed by atoms with van der Waals surface area (Å²) in [7, 11) is 1.14. The molecule has 0 amide bonds. The minimum atomic E-state index is -4.59. The Balaban J connectivity index is 1.10. The molecule has 3 aromatic heterocycles. The van der Waals surface area contributed by atoms with Crippen LogP contribution in [0.2, 0.25) is 0 Å². The molecule has 0 bridgehead atoms. The molecule has 1 atom stereocenters. The van der Waals surface area contributed by atoms with Crippen molar-refractivity contribution in [3.8, 4) is 11.6 Å². The van der Waals surface area contributed by atoms with Crippen molar-refractivity contribution in [1.82, 2.24) is 29.5 Å². The van der Waals surface area contributed by atoms with E-state index in [0.717, 1.165) is 45.7 Å². The Kier molecular flexibility index (Phi) is 7.35. The number of carbonyl (C=O) groups is 1. The topological polar surface area (TPSA) is 131 Å². The van der Waals surface area contributed by atoms with Crippen molar-refractivity contribution in [2.75, 3.05) is 68.5 Å². The number of hydrogen-bond donors (Lipinski definition) is 1. The van der Waals surface area contributed by atoms with Crippen LogP contribution in [0.5, 0.6) is 0 Å². The van der Waals surface area contributed by atoms with Crippen molar-refractivity contribution >= 4 is 29.3 Å². The van der Waals surface area contributed by atoms with Gasteiger partial charge in [0.2, 0.25) is 17.7 Å². The van der Waals surface area contributed by atoms with Crippen LogP contribution >= 0.6 is 0 Å². The largest absolute Gasteiger partial charge is 0.465 e. The van der Waals surface area contributed by atoms with Crippen molar-refractivity contribution in [1.29, 1.82) is 0 Å². The Bertz CT molecular complexity index is 1570. The Morgan fingerprint density at radius 3 is 2.62 bits per heavy atom. The van der Waals surface area contributed by atoms with E-state index >= 15 is 0 Å². The van der Waals surface area contributed by atoms with Gasteiger partial charge in [-0.25, -0.2) is 4.79 Å². The summed E-state index contributed by atoms with van der Waals surface area (Å²) in [6.07, 6.45) is -1.08. The number of nitrogens with two attached hydrogens (primary N) is 1. The molecule has 4 aromatic rings. The van der Waals surface area contributed by atoms with Crippen molar-refractivity contribution in [3.05, 3.63) is 47.7 Å². The fourth-order valence-electron chi connectivity index (χ4n) is 5.66. The fourth-order valence-corrected chi connectivity index (χ4v) is 5.66. The van der Waals surface area contributed by atoms with Gasteiger partial charge in [-0.3, -0.25) is 4.90 Å². The van der Waals surface area contributed by atoms with E-state index in [1.807, 2.05) is 0 Å². The number of halogens is 3. The second kappa shape index (κ2) is 11.1. The smallest absolute Gasteiger partial charge is 0.418 e. The number of nitrogen functional groups attached to an aromatic ring is 1. The van der Waals surface area contributed by atoms with Gasteiger partial charge in [0.1, 0.15) is 0 Å². The number of hydrogen-bond acceptors (Lipinski definition) is 11. The van der Waals surface area contributed by atoms with Crippen LogP contribution in [0.1, 0.15) is 28.8 Å². The maximum Gasteiger partial charge on any atom is 0.418 e. The van der Waals surface area contributed by atoms with Crippen LogP contribution in [0.25, 0.3) is 17.4 Å². The lowest BCUT2D eigenvalue weighted by atomic mass is 9.97. The van der Waals surface area contributed by atoms with Crippen LogP contribution in [0.4, 0.5) is 30.8 Å². The highest BCUT2D eigenvalue weighted by Gasteiger charge is 2.37. The van der Waals surface area contributed by atoms with E-state index in [1.165, 1.54) is 16.6 Å². The highest BCUT2D eigenvalue weighted by atomic mass is 19.4. The van der Waals surface area contributed by atoms with Gasteiger partial charge < -0.3 is 24.7 Å². The van der Waals surface area contributed by atoms with Crippen LogP contribution in [-0.2, 0) is 10.9 Å². The number of methoxy groups -OCH3 is 1. The summed E-state index contributed by atoms with van der Waals surface area (Å²) < 4.78 is 53.0. The third kappa shape index (κ3) is 5.55. The summed E-state index contributed by atoms with van der Waals surface area (Å²) in [5.41, 5.74) is 5.31. The van der Waals surface area contributed by atoms with Crippen LogP contribution in [0.15, 0.2) is 41.0 Å². The first kappa shape index (κ1) is 27.8. The molecular weight excluding hydrogens is 555 g/mol. The van der Waals surface area contributed by atoms with Crippen LogP contribution in [-0.4, -0.2) is 88.4 Å². The number of carbonyl (C=O) groups excluding carboxylic acids is 1. The minimum Gasteiger partial charge on any atom is -0.465 e. The summed E-state index contributed by atoms with van der Waals surface area (Å²) >= 11 is 0. The number of benzene rings is 1. The van der Waals surface area contributed by atoms with E-state index in [1.54, 1.807) is 23.3 Å². The number of piperidine rings is 1. The number of rotatable bonds is 6. The van der Waals surface area contributed by atoms with E-state index in [-0.39, 0.29) is 17.2 Å². The predicted octanol–water partition coefficient (Wildman–Crippen LogP) is 3.21. The molecule has 5 heterocycles. The fraction of sp³-hybridized carbons (Fsp3) is 0.444. The molecule has 0 spiro atoms. The van der Waals surface area contributed by atoms with Gasteiger partial charge >= 0.3 is 12.1 Å². The van der Waals surface area contributed by atoms with Crippen LogP contribution < -0.4 is 15.5 Å². The summed E-state index contributed by atoms with van der Waals surface area (Å²) in [6.45, 7) is 4.44. The molecule has 6 rings (SSSR count). The van der Waals surface area contributed by atoms with Crippen molar-refractivity contribution in [3.63, 3.8) is 0 Å². The van der Waals surface area contributed by atoms with Gasteiger partial charge in [0.15, 0.2) is 5.76 Å². The lowest BCUT2D eigenvalue weighted by molar-refractivity contribution is -0.137. The maximum atomic E-state index is 13.9. The number of aromatic nitrogens is 5. The van der Waals surface area contributed by atoms with E-state index in [2.05, 4.69) is 34.6 Å². The third-order valence-corrected chi connectivity index (χ3v) is 7.72. The van der Waals surface area contributed by atoms with Gasteiger partial charge in [0.05, 0.1) is 24.5 Å². The van der Waals surface area contributed by atoms with E-state index in [4.69, 9.17) is 10.2 Å². The first-order valence-electron chi connectivity index (χ1n) is 13.7. The van der Waals surface area contributed by atoms with Gasteiger partial charge in [-0.05, 0) is 49.1 Å². The number of ether oxygens (including phenoxy) is 1. The molecule has 2 aliphatic heterocycles. The zero-order valence-electron chi connectivity index (χ0n) is 22.9. The number of alkyl halides is 3. The first-order valence-corrected chi connectivity index (χ1v) is 13.7. The van der Waals surface area contributed by atoms with Gasteiger partial charge in [-0.15, -0.1) is 5.10 Å². The second-order valence-electron chi connectivity index (χ2n) is 10.5. The SMILES string of the molecule is COC(=O)c1ccc(N2CCN(C[C@@H]3CCCN(c4nc(N)n5nc(-c6ccco6)nc5n4)C3)CC2)c(C(F)(F)F)c1. The molecule has 0 unspecified atom stereocenters. The van der Waals surface area contributed by atoms with Gasteiger partial charge in [0.25, 0.3) is 5.78 Å². The van der Waals surface area contributed by atoms with Crippen LogP contribution in [0, 0.1) is 5.92 Å². The van der Waals surface area contributed by atoms with Gasteiger partial charge in [0, 0.05) is 51.5 Å². The Morgan fingerprint density at radius 2 is 1.90 bits per heavy atom. The lowest BCUT2D eigenvalue weighted by Crippen LogP contribution is -2.50. The molecular formula is C27H30F3N9O3. The Morgan fingerprint density at radius 1 is 1.10 bits per heavy atom. The lowest BCUT2D eigenvalue weighted by Gasteiger charge is -2.40. The van der Waals surface area contributed by atoms with Crippen molar-refractivity contribution in [2.24, 2.45) is 5.92 Å². The number of anilines is 3. The molecule has 2 fully saturated rings. The summed E-state index contributed by atoms with van der Waals surface area (Å²) in [6, 6.07) is 7.11. The average molecular weight is 586 g/mol. The molecule has 12 nitrogen and oxygen atoms in total. The highest BCUT2D eigenvalue weighted by Crippen LogP contribution is 2.38. The Hall–Kier alpha value is -4.40. The highest BCUT2D eigenvalue weighted by molar-refractivity contribution is 5.90. The van der Waals surface area contributed by atoms with E-state index in [0.29, 0.717) is 55.4 Å². The molecule has 2 N–H and O–H groups in total. The number of esters is 1. The third-order valence-electron chi connectivity index (χ3n) is 7.72. The van der Waals surface area contributed by atoms with Crippen molar-refractivity contribution in [2.45, 2.75) is 19.0 Å². The van der Waals surface area contributed by atoms with Crippen molar-refractivity contribution < 1.29 is 27.1 Å². The first-order chi connectivity index (χ1) is 20.2. The maximum absolute atomic E-state index is 13.9. The minimum absolute atomic E-state index is 0.0764. The number of furan rings is 1. The zero-order valence-corrected chi connectivity index (χ0v) is 22.9. The molecule has 0 radical (unpaired) electrons. The molecule has 15 heteroatoms. The summed E-state index contributed by atoms with van der Waals surface area (Å²) in [5, 5.41) is 4.35. The number of fused-ring (bicyclic) bond motifs is 1. The van der Waals surface area contributed by atoms with E-state index < -0.39 is 17.7 Å². The molecule has 2 aliphatic rings. The summed E-state index contributed by atoms with van der Waals surface area (Å²) in [5.74, 6) is 1.40. The Labute approximate surface area is 238 Å².